The second kappa shape index (κ2) is 13.3. The number of halogens is 3. The van der Waals surface area contributed by atoms with E-state index in [1.165, 1.54) is 42.5 Å². The number of aliphatic carboxylic acids is 1. The first-order chi connectivity index (χ1) is 21.2. The molecule has 0 radical (unpaired) electrons. The second-order valence-corrected chi connectivity index (χ2v) is 10.3. The van der Waals surface area contributed by atoms with E-state index in [9.17, 15) is 22.8 Å². The van der Waals surface area contributed by atoms with E-state index in [1.54, 1.807) is 31.2 Å². The summed E-state index contributed by atoms with van der Waals surface area (Å²) in [6.07, 6.45) is 3.49. The number of hydrogen-bond donors (Lipinski definition) is 2. The lowest BCUT2D eigenvalue weighted by Gasteiger charge is -2.22. The van der Waals surface area contributed by atoms with Crippen LogP contribution >= 0.6 is 0 Å². The lowest BCUT2D eigenvalue weighted by Crippen LogP contribution is -2.11. The first-order valence-electron chi connectivity index (χ1n) is 13.9. The van der Waals surface area contributed by atoms with Crippen molar-refractivity contribution in [1.29, 1.82) is 0 Å². The van der Waals surface area contributed by atoms with Crippen LogP contribution in [0.15, 0.2) is 103 Å². The molecule has 44 heavy (non-hydrogen) atoms. The number of rotatable bonds is 11. The highest BCUT2D eigenvalue weighted by molar-refractivity contribution is 6.05. The summed E-state index contributed by atoms with van der Waals surface area (Å²) in [6, 6.07) is 23.5. The molecule has 5 rings (SSSR count). The van der Waals surface area contributed by atoms with E-state index in [2.05, 4.69) is 5.32 Å². The van der Waals surface area contributed by atoms with Gasteiger partial charge in [-0.2, -0.15) is 0 Å². The topological polar surface area (TPSA) is 80.6 Å². The molecule has 0 aliphatic carbocycles. The van der Waals surface area contributed by atoms with Gasteiger partial charge in [-0.25, -0.2) is 13.2 Å². The van der Waals surface area contributed by atoms with Crippen molar-refractivity contribution in [2.24, 2.45) is 0 Å². The molecule has 0 unspecified atom stereocenters. The molecule has 0 saturated carbocycles. The van der Waals surface area contributed by atoms with Gasteiger partial charge in [0.15, 0.2) is 0 Å². The normalized spacial score (nSPS) is 11.6. The third-order valence-corrected chi connectivity index (χ3v) is 7.17. The Balaban J connectivity index is 1.38. The van der Waals surface area contributed by atoms with Crippen molar-refractivity contribution in [3.8, 4) is 5.75 Å². The zero-order valence-electron chi connectivity index (χ0n) is 23.8. The van der Waals surface area contributed by atoms with E-state index in [0.717, 1.165) is 33.7 Å². The lowest BCUT2D eigenvalue weighted by atomic mass is 9.98. The Morgan fingerprint density at radius 2 is 1.50 bits per heavy atom. The number of benzene rings is 4. The number of ether oxygens (including phenoxy) is 1. The van der Waals surface area contributed by atoms with Crippen LogP contribution in [0.4, 0.5) is 18.9 Å². The SMILES string of the molecule is C/C(=C\C(=O)Nc1ccc(F)cc1OCCCC(=O)O)c1ccc2c(ccn2C(c2ccc(F)cc2)c2ccc(F)cc2)c1. The molecule has 6 nitrogen and oxygen atoms in total. The molecule has 2 N–H and O–H groups in total. The maximum absolute atomic E-state index is 13.8. The third kappa shape index (κ3) is 7.18. The molecule has 1 heterocycles. The number of carboxylic acid groups (broad SMARTS) is 1. The van der Waals surface area contributed by atoms with Crippen LogP contribution in [0.5, 0.6) is 5.75 Å². The fraction of sp³-hybridized carbons (Fsp3) is 0.143. The highest BCUT2D eigenvalue weighted by Gasteiger charge is 2.19. The zero-order valence-corrected chi connectivity index (χ0v) is 23.8. The number of carbonyl (C=O) groups is 2. The van der Waals surface area contributed by atoms with Gasteiger partial charge in [0.25, 0.3) is 0 Å². The van der Waals surface area contributed by atoms with Crippen molar-refractivity contribution in [3.63, 3.8) is 0 Å². The van der Waals surface area contributed by atoms with Crippen LogP contribution in [0, 0.1) is 17.5 Å². The average molecular weight is 599 g/mol. The van der Waals surface area contributed by atoms with E-state index in [-0.39, 0.29) is 48.6 Å². The van der Waals surface area contributed by atoms with E-state index in [1.807, 2.05) is 35.0 Å². The summed E-state index contributed by atoms with van der Waals surface area (Å²) >= 11 is 0. The minimum absolute atomic E-state index is 0.0519. The number of amides is 1. The number of fused-ring (bicyclic) bond motifs is 1. The van der Waals surface area contributed by atoms with Crippen molar-refractivity contribution in [2.45, 2.75) is 25.8 Å². The summed E-state index contributed by atoms with van der Waals surface area (Å²) in [5, 5.41) is 12.4. The standard InChI is InChI=1S/C35H29F3N2O4/c1-22(19-33(41)39-30-14-13-29(38)21-32(30)44-18-2-3-34(42)43)25-8-15-31-26(20-25)16-17-40(31)35(23-4-9-27(36)10-5-23)24-6-11-28(37)12-7-24/h4-17,19-21,35H,2-3,18H2,1H3,(H,39,41)(H,42,43)/b22-19+. The van der Waals surface area contributed by atoms with Crippen LogP contribution in [-0.2, 0) is 9.59 Å². The zero-order chi connectivity index (χ0) is 31.2. The number of anilines is 1. The molecule has 5 aromatic rings. The Hall–Kier alpha value is -5.31. The number of hydrogen-bond acceptors (Lipinski definition) is 3. The summed E-state index contributed by atoms with van der Waals surface area (Å²) in [7, 11) is 0. The molecule has 0 spiro atoms. The summed E-state index contributed by atoms with van der Waals surface area (Å²) in [5.74, 6) is -2.55. The third-order valence-electron chi connectivity index (χ3n) is 7.17. The van der Waals surface area contributed by atoms with Gasteiger partial charge in [0.1, 0.15) is 23.2 Å². The van der Waals surface area contributed by atoms with Crippen molar-refractivity contribution in [1.82, 2.24) is 4.57 Å². The molecule has 0 saturated heterocycles. The van der Waals surface area contributed by atoms with Gasteiger partial charge >= 0.3 is 5.97 Å². The molecular formula is C35H29F3N2O4. The number of aromatic nitrogens is 1. The van der Waals surface area contributed by atoms with Gasteiger partial charge in [-0.05, 0) is 90.2 Å². The van der Waals surface area contributed by atoms with Gasteiger partial charge in [0.2, 0.25) is 5.91 Å². The van der Waals surface area contributed by atoms with Gasteiger partial charge < -0.3 is 19.7 Å². The van der Waals surface area contributed by atoms with Crippen molar-refractivity contribution >= 4 is 34.0 Å². The summed E-state index contributed by atoms with van der Waals surface area (Å²) < 4.78 is 48.8. The maximum Gasteiger partial charge on any atom is 0.303 e. The predicted octanol–water partition coefficient (Wildman–Crippen LogP) is 7.98. The Bertz CT molecular complexity index is 1780. The fourth-order valence-corrected chi connectivity index (χ4v) is 5.01. The number of carbonyl (C=O) groups excluding carboxylic acids is 1. The first kappa shape index (κ1) is 30.2. The number of nitrogens with one attached hydrogen (secondary N) is 1. The van der Waals surface area contributed by atoms with E-state index >= 15 is 0 Å². The fourth-order valence-electron chi connectivity index (χ4n) is 5.01. The summed E-state index contributed by atoms with van der Waals surface area (Å²) in [4.78, 5) is 23.6. The molecule has 0 fully saturated rings. The van der Waals surface area contributed by atoms with E-state index < -0.39 is 17.7 Å². The maximum atomic E-state index is 13.8. The Morgan fingerprint density at radius 1 is 0.864 bits per heavy atom. The molecular weight excluding hydrogens is 569 g/mol. The lowest BCUT2D eigenvalue weighted by molar-refractivity contribution is -0.137. The number of nitrogens with zero attached hydrogens (tertiary/aromatic N) is 1. The smallest absolute Gasteiger partial charge is 0.303 e. The molecule has 0 atom stereocenters. The molecule has 224 valence electrons. The van der Waals surface area contributed by atoms with Gasteiger partial charge in [-0.1, -0.05) is 30.3 Å². The molecule has 0 aliphatic rings. The summed E-state index contributed by atoms with van der Waals surface area (Å²) in [6.45, 7) is 1.85. The van der Waals surface area contributed by atoms with Gasteiger partial charge in [-0.15, -0.1) is 0 Å². The average Bonchev–Trinajstić information content (AvgIpc) is 3.41. The number of allylic oxidation sites excluding steroid dienone is 1. The Morgan fingerprint density at radius 3 is 2.14 bits per heavy atom. The van der Waals surface area contributed by atoms with Gasteiger partial charge in [0.05, 0.1) is 18.3 Å². The van der Waals surface area contributed by atoms with Crippen molar-refractivity contribution < 1.29 is 32.6 Å². The van der Waals surface area contributed by atoms with Crippen LogP contribution in [0.1, 0.15) is 42.5 Å². The molecule has 0 aliphatic heterocycles. The van der Waals surface area contributed by atoms with Crippen LogP contribution < -0.4 is 10.1 Å². The highest BCUT2D eigenvalue weighted by Crippen LogP contribution is 2.33. The molecule has 0 bridgehead atoms. The Kier molecular flexibility index (Phi) is 9.14. The predicted molar refractivity (Wildman–Crippen MR) is 163 cm³/mol. The molecule has 1 aromatic heterocycles. The molecule has 1 amide bonds. The first-order valence-corrected chi connectivity index (χ1v) is 13.9. The minimum Gasteiger partial charge on any atom is -0.491 e. The van der Waals surface area contributed by atoms with Gasteiger partial charge in [0, 0.05) is 35.7 Å². The van der Waals surface area contributed by atoms with Crippen LogP contribution in [-0.4, -0.2) is 28.2 Å². The van der Waals surface area contributed by atoms with Crippen LogP contribution in [0.3, 0.4) is 0 Å². The monoisotopic (exact) mass is 598 g/mol. The molecule has 9 heteroatoms. The van der Waals surface area contributed by atoms with E-state index in [4.69, 9.17) is 9.84 Å². The van der Waals surface area contributed by atoms with Crippen molar-refractivity contribution in [3.05, 3.63) is 137 Å². The second-order valence-electron chi connectivity index (χ2n) is 10.3. The minimum atomic E-state index is -0.961. The van der Waals surface area contributed by atoms with E-state index in [0.29, 0.717) is 5.57 Å². The number of carboxylic acids is 1. The Labute approximate surface area is 252 Å². The van der Waals surface area contributed by atoms with Crippen molar-refractivity contribution in [2.75, 3.05) is 11.9 Å². The summed E-state index contributed by atoms with van der Waals surface area (Å²) in [5.41, 5.74) is 4.29. The highest BCUT2D eigenvalue weighted by atomic mass is 19.1. The molecule has 4 aromatic carbocycles. The quantitative estimate of drug-likeness (QED) is 0.119. The largest absolute Gasteiger partial charge is 0.491 e. The van der Waals surface area contributed by atoms with Crippen LogP contribution in [0.25, 0.3) is 16.5 Å². The van der Waals surface area contributed by atoms with Crippen LogP contribution in [0.2, 0.25) is 0 Å². The van der Waals surface area contributed by atoms with Gasteiger partial charge in [-0.3, -0.25) is 9.59 Å².